The first-order valence-corrected chi connectivity index (χ1v) is 7.64. The molecule has 0 unspecified atom stereocenters. The number of fused-ring (bicyclic) bond motifs is 3. The van der Waals surface area contributed by atoms with E-state index in [2.05, 4.69) is 20.1 Å². The summed E-state index contributed by atoms with van der Waals surface area (Å²) in [6.07, 6.45) is 0. The molecule has 1 aromatic carbocycles. The highest BCUT2D eigenvalue weighted by Crippen LogP contribution is 2.41. The Morgan fingerprint density at radius 2 is 1.96 bits per heavy atom. The molecular weight excluding hydrogens is 327 g/mol. The molecule has 25 heavy (non-hydrogen) atoms. The van der Waals surface area contributed by atoms with Gasteiger partial charge in [0.25, 0.3) is 5.56 Å². The van der Waals surface area contributed by atoms with E-state index in [0.717, 1.165) is 0 Å². The maximum atomic E-state index is 15.3. The normalized spacial score (nSPS) is 11.6. The number of hydrogen-bond acceptors (Lipinski definition) is 5. The van der Waals surface area contributed by atoms with E-state index in [1.165, 1.54) is 7.11 Å². The predicted molar refractivity (Wildman–Crippen MR) is 90.4 cm³/mol. The maximum Gasteiger partial charge on any atom is 0.261 e. The van der Waals surface area contributed by atoms with Gasteiger partial charge in [0.15, 0.2) is 11.6 Å². The van der Waals surface area contributed by atoms with Crippen molar-refractivity contribution in [2.24, 2.45) is 0 Å². The second kappa shape index (κ2) is 5.17. The van der Waals surface area contributed by atoms with Gasteiger partial charge in [-0.15, -0.1) is 0 Å². The Bertz CT molecular complexity index is 1180. The molecule has 8 heteroatoms. The van der Waals surface area contributed by atoms with Crippen LogP contribution in [0.15, 0.2) is 15.4 Å². The molecule has 0 radical (unpaired) electrons. The summed E-state index contributed by atoms with van der Waals surface area (Å²) in [6, 6.07) is 1.72. The molecule has 0 aliphatic heterocycles. The van der Waals surface area contributed by atoms with Crippen LogP contribution in [0.25, 0.3) is 33.1 Å². The predicted octanol–water partition coefficient (Wildman–Crippen LogP) is 3.13. The van der Waals surface area contributed by atoms with Crippen LogP contribution in [0, 0.1) is 26.6 Å². The van der Waals surface area contributed by atoms with Gasteiger partial charge in [0, 0.05) is 5.56 Å². The van der Waals surface area contributed by atoms with Crippen molar-refractivity contribution in [3.8, 4) is 16.9 Å². The zero-order valence-electron chi connectivity index (χ0n) is 14.1. The number of aryl methyl sites for hydroxylation is 3. The van der Waals surface area contributed by atoms with Crippen LogP contribution in [0.5, 0.6) is 5.75 Å². The molecule has 4 aromatic rings. The highest BCUT2D eigenvalue weighted by molar-refractivity contribution is 6.08. The fourth-order valence-corrected chi connectivity index (χ4v) is 3.26. The lowest BCUT2D eigenvalue weighted by atomic mass is 10.0. The number of rotatable bonds is 2. The molecule has 2 N–H and O–H groups in total. The Balaban J connectivity index is 2.19. The quantitative estimate of drug-likeness (QED) is 0.583. The minimum Gasteiger partial charge on any atom is -0.493 e. The van der Waals surface area contributed by atoms with E-state index in [1.54, 1.807) is 26.8 Å². The van der Waals surface area contributed by atoms with Gasteiger partial charge in [0.05, 0.1) is 34.7 Å². The number of benzene rings is 1. The summed E-state index contributed by atoms with van der Waals surface area (Å²) in [6.45, 7) is 5.19. The summed E-state index contributed by atoms with van der Waals surface area (Å²) in [5, 5.41) is 4.23. The topological polar surface area (TPSA) is 96.8 Å². The van der Waals surface area contributed by atoms with Crippen LogP contribution in [0.2, 0.25) is 0 Å². The van der Waals surface area contributed by atoms with Crippen molar-refractivity contribution in [3.63, 3.8) is 0 Å². The number of aromatic nitrogens is 4. The number of halogens is 1. The van der Waals surface area contributed by atoms with Crippen molar-refractivity contribution >= 4 is 21.9 Å². The van der Waals surface area contributed by atoms with Gasteiger partial charge in [0.2, 0.25) is 0 Å². The van der Waals surface area contributed by atoms with Gasteiger partial charge < -0.3 is 19.2 Å². The maximum absolute atomic E-state index is 15.3. The van der Waals surface area contributed by atoms with Crippen LogP contribution >= 0.6 is 0 Å². The fourth-order valence-electron chi connectivity index (χ4n) is 3.26. The summed E-state index contributed by atoms with van der Waals surface area (Å²) in [5.41, 5.74) is 2.16. The van der Waals surface area contributed by atoms with Crippen LogP contribution in [0.1, 0.15) is 17.3 Å². The van der Waals surface area contributed by atoms with Crippen molar-refractivity contribution in [1.29, 1.82) is 0 Å². The number of H-pyrrole nitrogens is 2. The van der Waals surface area contributed by atoms with Crippen molar-refractivity contribution in [3.05, 3.63) is 39.5 Å². The van der Waals surface area contributed by atoms with Crippen molar-refractivity contribution in [1.82, 2.24) is 20.1 Å². The van der Waals surface area contributed by atoms with Gasteiger partial charge >= 0.3 is 0 Å². The molecule has 0 saturated carbocycles. The number of nitrogens with one attached hydrogen (secondary N) is 2. The van der Waals surface area contributed by atoms with E-state index in [9.17, 15) is 4.79 Å². The lowest BCUT2D eigenvalue weighted by molar-refractivity contribution is 0.389. The Labute approximate surface area is 140 Å². The molecule has 3 heterocycles. The SMILES string of the molecule is COc1c(-c2c(C)noc2C)cc2[nH]c3nc(C)[nH]c(=O)c3c2c1F. The molecule has 4 rings (SSSR count). The summed E-state index contributed by atoms with van der Waals surface area (Å²) in [4.78, 5) is 22.2. The van der Waals surface area contributed by atoms with E-state index in [4.69, 9.17) is 9.26 Å². The van der Waals surface area contributed by atoms with Crippen LogP contribution < -0.4 is 10.3 Å². The fraction of sp³-hybridized carbons (Fsp3) is 0.235. The zero-order valence-corrected chi connectivity index (χ0v) is 14.1. The summed E-state index contributed by atoms with van der Waals surface area (Å²) >= 11 is 0. The first-order chi connectivity index (χ1) is 11.9. The monoisotopic (exact) mass is 342 g/mol. The summed E-state index contributed by atoms with van der Waals surface area (Å²) in [5.74, 6) is 0.403. The second-order valence-corrected chi connectivity index (χ2v) is 5.89. The molecule has 0 saturated heterocycles. The van der Waals surface area contributed by atoms with Crippen LogP contribution in [0.4, 0.5) is 4.39 Å². The number of ether oxygens (including phenoxy) is 1. The van der Waals surface area contributed by atoms with Crippen molar-refractivity contribution < 1.29 is 13.7 Å². The van der Waals surface area contributed by atoms with E-state index >= 15 is 4.39 Å². The number of methoxy groups -OCH3 is 1. The molecule has 128 valence electrons. The first kappa shape index (κ1) is 15.4. The summed E-state index contributed by atoms with van der Waals surface area (Å²) in [7, 11) is 1.38. The molecule has 7 nitrogen and oxygen atoms in total. The number of hydrogen-bond donors (Lipinski definition) is 2. The third kappa shape index (κ3) is 2.07. The van der Waals surface area contributed by atoms with Crippen molar-refractivity contribution in [2.75, 3.05) is 7.11 Å². The third-order valence-electron chi connectivity index (χ3n) is 4.27. The van der Waals surface area contributed by atoms with Crippen LogP contribution in [0.3, 0.4) is 0 Å². The van der Waals surface area contributed by atoms with E-state index in [1.807, 2.05) is 0 Å². The largest absolute Gasteiger partial charge is 0.493 e. The van der Waals surface area contributed by atoms with Gasteiger partial charge in [-0.3, -0.25) is 4.79 Å². The average Bonchev–Trinajstić information content (AvgIpc) is 3.07. The van der Waals surface area contributed by atoms with E-state index < -0.39 is 11.4 Å². The Hall–Kier alpha value is -3.16. The van der Waals surface area contributed by atoms with E-state index in [-0.39, 0.29) is 16.5 Å². The Kier molecular flexibility index (Phi) is 3.18. The minimum atomic E-state index is -0.627. The minimum absolute atomic E-state index is 0.0303. The van der Waals surface area contributed by atoms with Gasteiger partial charge in [-0.1, -0.05) is 5.16 Å². The molecule has 0 atom stereocenters. The Morgan fingerprint density at radius 3 is 2.60 bits per heavy atom. The second-order valence-electron chi connectivity index (χ2n) is 5.89. The first-order valence-electron chi connectivity index (χ1n) is 7.64. The van der Waals surface area contributed by atoms with Gasteiger partial charge in [-0.05, 0) is 26.8 Å². The molecular formula is C17H15FN4O3. The van der Waals surface area contributed by atoms with Crippen LogP contribution in [-0.2, 0) is 0 Å². The average molecular weight is 342 g/mol. The molecule has 0 amide bonds. The number of nitrogens with zero attached hydrogens (tertiary/aromatic N) is 2. The smallest absolute Gasteiger partial charge is 0.261 e. The van der Waals surface area contributed by atoms with E-state index in [0.29, 0.717) is 39.6 Å². The van der Waals surface area contributed by atoms with Gasteiger partial charge in [-0.2, -0.15) is 0 Å². The molecule has 0 fully saturated rings. The molecule has 0 aliphatic carbocycles. The standard InChI is InChI=1S/C17H15FN4O3/c1-6-11(7(2)25-22-6)9-5-10-12(14(18)15(9)24-4)13-16(21-10)19-8(3)20-17(13)23/h5H,1-4H3,(H2,19,20,21,23). The lowest BCUT2D eigenvalue weighted by Gasteiger charge is -2.10. The van der Waals surface area contributed by atoms with Gasteiger partial charge in [0.1, 0.15) is 17.2 Å². The third-order valence-corrected chi connectivity index (χ3v) is 4.27. The van der Waals surface area contributed by atoms with Crippen molar-refractivity contribution in [2.45, 2.75) is 20.8 Å². The molecule has 3 aromatic heterocycles. The molecule has 0 spiro atoms. The molecule has 0 bridgehead atoms. The molecule has 0 aliphatic rings. The highest BCUT2D eigenvalue weighted by Gasteiger charge is 2.24. The van der Waals surface area contributed by atoms with Crippen LogP contribution in [-0.4, -0.2) is 27.2 Å². The highest BCUT2D eigenvalue weighted by atomic mass is 19.1. The summed E-state index contributed by atoms with van der Waals surface area (Å²) < 4.78 is 25.8. The number of aromatic amines is 2. The zero-order chi connectivity index (χ0) is 17.9. The lowest BCUT2D eigenvalue weighted by Crippen LogP contribution is -2.09. The van der Waals surface area contributed by atoms with Gasteiger partial charge in [-0.25, -0.2) is 9.37 Å². The Morgan fingerprint density at radius 1 is 1.20 bits per heavy atom.